The van der Waals surface area contributed by atoms with Crippen molar-refractivity contribution >= 4 is 0 Å². The van der Waals surface area contributed by atoms with Crippen molar-refractivity contribution < 1.29 is 0 Å². The Balaban J connectivity index is 2.22. The van der Waals surface area contributed by atoms with Crippen molar-refractivity contribution in [2.24, 2.45) is 5.92 Å². The smallest absolute Gasteiger partial charge is 0.0683 e. The van der Waals surface area contributed by atoms with Crippen LogP contribution in [0.1, 0.15) is 11.6 Å². The number of hydrogen-bond donors (Lipinski definition) is 1. The van der Waals surface area contributed by atoms with Crippen molar-refractivity contribution in [2.75, 3.05) is 13.1 Å². The molecule has 2 heterocycles. The summed E-state index contributed by atoms with van der Waals surface area (Å²) in [5, 5.41) is 12.1. The molecule has 0 aliphatic carbocycles. The average molecular weight is 173 g/mol. The highest BCUT2D eigenvalue weighted by Gasteiger charge is 2.28. The summed E-state index contributed by atoms with van der Waals surface area (Å²) < 4.78 is 0. The van der Waals surface area contributed by atoms with Crippen molar-refractivity contribution in [1.82, 2.24) is 10.3 Å². The highest BCUT2D eigenvalue weighted by Crippen LogP contribution is 2.25. The van der Waals surface area contributed by atoms with Gasteiger partial charge in [0.15, 0.2) is 0 Å². The van der Waals surface area contributed by atoms with Gasteiger partial charge in [-0.25, -0.2) is 0 Å². The second kappa shape index (κ2) is 3.55. The molecule has 1 aliphatic heterocycles. The molecule has 66 valence electrons. The molecule has 0 amide bonds. The minimum atomic E-state index is 0.0786. The molecule has 0 aromatic carbocycles. The summed E-state index contributed by atoms with van der Waals surface area (Å²) in [5.41, 5.74) is 1.03. The third-order valence-electron chi connectivity index (χ3n) is 2.45. The van der Waals surface area contributed by atoms with E-state index >= 15 is 0 Å². The third kappa shape index (κ3) is 1.53. The van der Waals surface area contributed by atoms with Crippen LogP contribution in [0.25, 0.3) is 0 Å². The van der Waals surface area contributed by atoms with Gasteiger partial charge in [-0.05, 0) is 12.1 Å². The van der Waals surface area contributed by atoms with Gasteiger partial charge in [0.05, 0.1) is 12.0 Å². The first-order chi connectivity index (χ1) is 6.42. The molecule has 1 saturated heterocycles. The summed E-state index contributed by atoms with van der Waals surface area (Å²) >= 11 is 0. The van der Waals surface area contributed by atoms with E-state index in [0.717, 1.165) is 18.8 Å². The Morgan fingerprint density at radius 1 is 1.46 bits per heavy atom. The lowest BCUT2D eigenvalue weighted by molar-refractivity contribution is 0.629. The molecular weight excluding hydrogens is 162 g/mol. The molecular formula is C10H11N3. The van der Waals surface area contributed by atoms with Crippen LogP contribution >= 0.6 is 0 Å². The predicted molar refractivity (Wildman–Crippen MR) is 49.0 cm³/mol. The van der Waals surface area contributed by atoms with Gasteiger partial charge in [-0.1, -0.05) is 6.07 Å². The zero-order valence-corrected chi connectivity index (χ0v) is 7.27. The van der Waals surface area contributed by atoms with Gasteiger partial charge < -0.3 is 5.32 Å². The van der Waals surface area contributed by atoms with Crippen LogP contribution < -0.4 is 5.32 Å². The van der Waals surface area contributed by atoms with E-state index in [9.17, 15) is 0 Å². The van der Waals surface area contributed by atoms with Crippen LogP contribution in [0.4, 0.5) is 0 Å². The fraction of sp³-hybridized carbons (Fsp3) is 0.400. The van der Waals surface area contributed by atoms with Gasteiger partial charge in [0.1, 0.15) is 0 Å². The molecule has 1 N–H and O–H groups in total. The molecule has 1 aromatic rings. The molecule has 2 atom stereocenters. The number of nitriles is 1. The standard InChI is InChI=1S/C10H11N3/c11-5-8-6-12-7-9(8)10-3-1-2-4-13-10/h1-4,8-9,12H,6-7H2/t8-,9-/m1/s1. The van der Waals surface area contributed by atoms with Crippen molar-refractivity contribution in [2.45, 2.75) is 5.92 Å². The summed E-state index contributed by atoms with van der Waals surface area (Å²) in [5.74, 6) is 0.348. The molecule has 0 spiro atoms. The normalized spacial score (nSPS) is 27.0. The number of hydrogen-bond acceptors (Lipinski definition) is 3. The van der Waals surface area contributed by atoms with Gasteiger partial charge >= 0.3 is 0 Å². The molecule has 0 bridgehead atoms. The molecule has 1 aliphatic rings. The van der Waals surface area contributed by atoms with E-state index in [1.54, 1.807) is 6.20 Å². The Bertz CT molecular complexity index is 315. The first-order valence-corrected chi connectivity index (χ1v) is 4.43. The van der Waals surface area contributed by atoms with Gasteiger partial charge in [-0.2, -0.15) is 5.26 Å². The SMILES string of the molecule is N#C[C@@H]1CNC[C@H]1c1ccccn1. The first kappa shape index (κ1) is 8.21. The van der Waals surface area contributed by atoms with Crippen LogP contribution in [0.15, 0.2) is 24.4 Å². The van der Waals surface area contributed by atoms with Gasteiger partial charge in [0.25, 0.3) is 0 Å². The Labute approximate surface area is 77.4 Å². The van der Waals surface area contributed by atoms with Crippen LogP contribution in [0, 0.1) is 17.2 Å². The lowest BCUT2D eigenvalue weighted by atomic mass is 9.94. The molecule has 1 aromatic heterocycles. The summed E-state index contributed by atoms with van der Waals surface area (Å²) in [6, 6.07) is 8.16. The summed E-state index contributed by atoms with van der Waals surface area (Å²) in [6.45, 7) is 1.66. The Morgan fingerprint density at radius 3 is 3.08 bits per heavy atom. The minimum absolute atomic E-state index is 0.0786. The van der Waals surface area contributed by atoms with E-state index in [4.69, 9.17) is 5.26 Å². The molecule has 1 fully saturated rings. The second-order valence-electron chi connectivity index (χ2n) is 3.25. The van der Waals surface area contributed by atoms with Crippen molar-refractivity contribution in [3.8, 4) is 6.07 Å². The minimum Gasteiger partial charge on any atom is -0.315 e. The topological polar surface area (TPSA) is 48.7 Å². The van der Waals surface area contributed by atoms with Gasteiger partial charge in [0.2, 0.25) is 0 Å². The largest absolute Gasteiger partial charge is 0.315 e. The summed E-state index contributed by atoms with van der Waals surface area (Å²) in [4.78, 5) is 4.27. The van der Waals surface area contributed by atoms with Crippen LogP contribution in [-0.4, -0.2) is 18.1 Å². The Hall–Kier alpha value is -1.40. The second-order valence-corrected chi connectivity index (χ2v) is 3.25. The van der Waals surface area contributed by atoms with Gasteiger partial charge in [-0.3, -0.25) is 4.98 Å². The van der Waals surface area contributed by atoms with E-state index in [2.05, 4.69) is 16.4 Å². The van der Waals surface area contributed by atoms with E-state index in [-0.39, 0.29) is 11.8 Å². The quantitative estimate of drug-likeness (QED) is 0.686. The zero-order chi connectivity index (χ0) is 9.10. The van der Waals surface area contributed by atoms with Crippen LogP contribution in [0.3, 0.4) is 0 Å². The number of nitrogens with zero attached hydrogens (tertiary/aromatic N) is 2. The molecule has 13 heavy (non-hydrogen) atoms. The maximum Gasteiger partial charge on any atom is 0.0683 e. The molecule has 3 heteroatoms. The maximum atomic E-state index is 8.88. The van der Waals surface area contributed by atoms with Gasteiger partial charge in [-0.15, -0.1) is 0 Å². The average Bonchev–Trinajstić information content (AvgIpc) is 2.67. The lowest BCUT2D eigenvalue weighted by Gasteiger charge is -2.10. The molecule has 2 rings (SSSR count). The summed E-state index contributed by atoms with van der Waals surface area (Å²) in [6.07, 6.45) is 1.78. The highest BCUT2D eigenvalue weighted by molar-refractivity contribution is 5.16. The third-order valence-corrected chi connectivity index (χ3v) is 2.45. The number of nitrogens with one attached hydrogen (secondary N) is 1. The Morgan fingerprint density at radius 2 is 2.38 bits per heavy atom. The fourth-order valence-electron chi connectivity index (χ4n) is 1.72. The van der Waals surface area contributed by atoms with E-state index in [1.165, 1.54) is 0 Å². The lowest BCUT2D eigenvalue weighted by Crippen LogP contribution is -2.09. The summed E-state index contributed by atoms with van der Waals surface area (Å²) in [7, 11) is 0. The molecule has 0 unspecified atom stereocenters. The van der Waals surface area contributed by atoms with Crippen molar-refractivity contribution in [3.05, 3.63) is 30.1 Å². The molecule has 0 radical (unpaired) electrons. The molecule has 3 nitrogen and oxygen atoms in total. The van der Waals surface area contributed by atoms with E-state index in [0.29, 0.717) is 0 Å². The van der Waals surface area contributed by atoms with Crippen LogP contribution in [0.5, 0.6) is 0 Å². The van der Waals surface area contributed by atoms with Crippen LogP contribution in [-0.2, 0) is 0 Å². The maximum absolute atomic E-state index is 8.88. The molecule has 0 saturated carbocycles. The number of rotatable bonds is 1. The first-order valence-electron chi connectivity index (χ1n) is 4.43. The van der Waals surface area contributed by atoms with E-state index in [1.807, 2.05) is 18.2 Å². The Kier molecular flexibility index (Phi) is 2.24. The van der Waals surface area contributed by atoms with Crippen LogP contribution in [0.2, 0.25) is 0 Å². The highest BCUT2D eigenvalue weighted by atomic mass is 14.9. The van der Waals surface area contributed by atoms with Crippen molar-refractivity contribution in [3.63, 3.8) is 0 Å². The fourth-order valence-corrected chi connectivity index (χ4v) is 1.72. The van der Waals surface area contributed by atoms with Crippen molar-refractivity contribution in [1.29, 1.82) is 5.26 Å². The van der Waals surface area contributed by atoms with E-state index < -0.39 is 0 Å². The predicted octanol–water partition coefficient (Wildman–Crippen LogP) is 0.908. The number of aromatic nitrogens is 1. The monoisotopic (exact) mass is 173 g/mol. The van der Waals surface area contributed by atoms with Gasteiger partial charge in [0, 0.05) is 30.9 Å². The number of pyridine rings is 1. The zero-order valence-electron chi connectivity index (χ0n) is 7.27.